The van der Waals surface area contributed by atoms with Gasteiger partial charge in [-0.3, -0.25) is 9.78 Å². The van der Waals surface area contributed by atoms with Gasteiger partial charge in [0.05, 0.1) is 18.7 Å². The van der Waals surface area contributed by atoms with E-state index in [2.05, 4.69) is 14.6 Å². The number of ether oxygens (including phenoxy) is 1. The van der Waals surface area contributed by atoms with Crippen LogP contribution in [0.25, 0.3) is 10.9 Å². The van der Waals surface area contributed by atoms with Gasteiger partial charge in [0.1, 0.15) is 5.94 Å². The van der Waals surface area contributed by atoms with Crippen molar-refractivity contribution < 1.29 is 9.53 Å². The van der Waals surface area contributed by atoms with Gasteiger partial charge in [-0.15, -0.1) is 0 Å². The number of hydrogen-bond acceptors (Lipinski definition) is 5. The zero-order valence-corrected chi connectivity index (χ0v) is 14.3. The number of carbonyl (C=O) groups excluding carboxylic acids is 1. The Morgan fingerprint density at radius 1 is 1.16 bits per heavy atom. The molecule has 0 radical (unpaired) electrons. The minimum Gasteiger partial charge on any atom is -0.367 e. The van der Waals surface area contributed by atoms with Gasteiger partial charge in [0.15, 0.2) is 0 Å². The van der Waals surface area contributed by atoms with Crippen molar-refractivity contribution in [2.75, 3.05) is 28.7 Å². The van der Waals surface area contributed by atoms with E-state index in [-0.39, 0.29) is 5.91 Å². The highest BCUT2D eigenvalue weighted by atomic mass is 32.2. The third kappa shape index (κ3) is 3.60. The summed E-state index contributed by atoms with van der Waals surface area (Å²) >= 11 is 1.64. The predicted octanol–water partition coefficient (Wildman–Crippen LogP) is 3.93. The fourth-order valence-electron chi connectivity index (χ4n) is 2.70. The van der Waals surface area contributed by atoms with E-state index in [4.69, 9.17) is 4.74 Å². The van der Waals surface area contributed by atoms with Gasteiger partial charge in [-0.25, -0.2) is 0 Å². The van der Waals surface area contributed by atoms with Gasteiger partial charge < -0.3 is 14.4 Å². The molecule has 1 N–H and O–H groups in total. The van der Waals surface area contributed by atoms with Crippen molar-refractivity contribution >= 4 is 40.1 Å². The first-order valence-corrected chi connectivity index (χ1v) is 8.98. The lowest BCUT2D eigenvalue weighted by Crippen LogP contribution is -2.26. The summed E-state index contributed by atoms with van der Waals surface area (Å²) in [5.74, 6) is 0.537. The first-order chi connectivity index (χ1) is 12.3. The Morgan fingerprint density at radius 2 is 2.04 bits per heavy atom. The first kappa shape index (κ1) is 15.9. The van der Waals surface area contributed by atoms with Gasteiger partial charge in [0, 0.05) is 28.5 Å². The van der Waals surface area contributed by atoms with Crippen LogP contribution in [0.1, 0.15) is 10.4 Å². The Bertz CT molecular complexity index is 893. The molecule has 1 aliphatic rings. The minimum absolute atomic E-state index is 0.128. The number of aromatic nitrogens is 1. The lowest BCUT2D eigenvalue weighted by atomic mass is 10.1. The molecule has 4 rings (SSSR count). The number of benzene rings is 2. The lowest BCUT2D eigenvalue weighted by molar-refractivity contribution is 0.102. The smallest absolute Gasteiger partial charge is 0.255 e. The summed E-state index contributed by atoms with van der Waals surface area (Å²) in [6, 6.07) is 17.2. The molecule has 0 spiro atoms. The summed E-state index contributed by atoms with van der Waals surface area (Å²) in [5.41, 5.74) is 3.31. The number of anilines is 2. The van der Waals surface area contributed by atoms with Crippen LogP contribution in [0.4, 0.5) is 11.4 Å². The highest BCUT2D eigenvalue weighted by Gasteiger charge is 2.13. The zero-order chi connectivity index (χ0) is 17.1. The van der Waals surface area contributed by atoms with Crippen molar-refractivity contribution in [1.82, 2.24) is 4.98 Å². The Hall–Kier alpha value is -2.57. The molecule has 1 saturated heterocycles. The summed E-state index contributed by atoms with van der Waals surface area (Å²) < 4.78 is 7.51. The van der Waals surface area contributed by atoms with Crippen molar-refractivity contribution in [3.8, 4) is 0 Å². The molecule has 0 unspecified atom stereocenters. The van der Waals surface area contributed by atoms with Crippen molar-refractivity contribution in [1.29, 1.82) is 0 Å². The fourth-order valence-corrected chi connectivity index (χ4v) is 3.50. The quantitative estimate of drug-likeness (QED) is 0.725. The van der Waals surface area contributed by atoms with Crippen molar-refractivity contribution in [3.63, 3.8) is 0 Å². The van der Waals surface area contributed by atoms with Gasteiger partial charge in [-0.1, -0.05) is 12.1 Å². The first-order valence-electron chi connectivity index (χ1n) is 8.04. The van der Waals surface area contributed by atoms with Crippen LogP contribution in [0.15, 0.2) is 60.8 Å². The molecule has 1 amide bonds. The van der Waals surface area contributed by atoms with Crippen molar-refractivity contribution in [2.45, 2.75) is 0 Å². The molecular formula is C19H17N3O2S. The van der Waals surface area contributed by atoms with Crippen molar-refractivity contribution in [2.24, 2.45) is 0 Å². The average molecular weight is 351 g/mol. The summed E-state index contributed by atoms with van der Waals surface area (Å²) in [6.45, 7) is 1.57. The topological polar surface area (TPSA) is 54.5 Å². The molecule has 2 heterocycles. The maximum absolute atomic E-state index is 12.5. The monoisotopic (exact) mass is 351 g/mol. The standard InChI is InChI=1S/C19H17N3O2S/c23-19(21-16-6-3-14-2-1-9-20-18(14)12-16)15-4-7-17(8-5-15)22-10-11-24-13-25-22/h1-9,12H,10-11,13H2,(H,21,23). The van der Waals surface area contributed by atoms with Gasteiger partial charge >= 0.3 is 0 Å². The predicted molar refractivity (Wildman–Crippen MR) is 102 cm³/mol. The van der Waals surface area contributed by atoms with Gasteiger partial charge in [-0.05, 0) is 54.4 Å². The van der Waals surface area contributed by atoms with Crippen LogP contribution in [-0.2, 0) is 4.74 Å². The maximum Gasteiger partial charge on any atom is 0.255 e. The van der Waals surface area contributed by atoms with Crippen LogP contribution in [0.2, 0.25) is 0 Å². The molecule has 0 aliphatic carbocycles. The van der Waals surface area contributed by atoms with E-state index in [0.717, 1.165) is 35.4 Å². The molecule has 25 heavy (non-hydrogen) atoms. The normalized spacial score (nSPS) is 14.5. The summed E-state index contributed by atoms with van der Waals surface area (Å²) in [6.07, 6.45) is 1.75. The van der Waals surface area contributed by atoms with Crippen LogP contribution in [0.3, 0.4) is 0 Å². The Balaban J connectivity index is 1.48. The fraction of sp³-hybridized carbons (Fsp3) is 0.158. The number of amides is 1. The molecule has 3 aromatic rings. The van der Waals surface area contributed by atoms with Crippen LogP contribution in [-0.4, -0.2) is 30.0 Å². The number of rotatable bonds is 3. The molecule has 126 valence electrons. The molecule has 6 heteroatoms. The maximum atomic E-state index is 12.5. The molecule has 1 aromatic heterocycles. The van der Waals surface area contributed by atoms with E-state index in [1.165, 1.54) is 0 Å². The zero-order valence-electron chi connectivity index (χ0n) is 13.5. The Kier molecular flexibility index (Phi) is 4.54. The Labute approximate surface area is 150 Å². The molecule has 0 bridgehead atoms. The third-order valence-electron chi connectivity index (χ3n) is 4.01. The van der Waals surface area contributed by atoms with E-state index in [0.29, 0.717) is 11.5 Å². The van der Waals surface area contributed by atoms with E-state index < -0.39 is 0 Å². The molecule has 0 saturated carbocycles. The number of pyridine rings is 1. The Morgan fingerprint density at radius 3 is 2.84 bits per heavy atom. The number of fused-ring (bicyclic) bond motifs is 1. The van der Waals surface area contributed by atoms with Gasteiger partial charge in [0.2, 0.25) is 0 Å². The molecule has 5 nitrogen and oxygen atoms in total. The largest absolute Gasteiger partial charge is 0.367 e. The van der Waals surface area contributed by atoms with Crippen LogP contribution in [0.5, 0.6) is 0 Å². The van der Waals surface area contributed by atoms with Crippen LogP contribution in [0, 0.1) is 0 Å². The van der Waals surface area contributed by atoms with Crippen molar-refractivity contribution in [3.05, 3.63) is 66.4 Å². The number of nitrogens with one attached hydrogen (secondary N) is 1. The summed E-state index contributed by atoms with van der Waals surface area (Å²) in [7, 11) is 0. The molecule has 0 atom stereocenters. The van der Waals surface area contributed by atoms with Gasteiger partial charge in [0.25, 0.3) is 5.91 Å². The lowest BCUT2D eigenvalue weighted by Gasteiger charge is -2.27. The van der Waals surface area contributed by atoms with Crippen LogP contribution < -0.4 is 9.62 Å². The van der Waals surface area contributed by atoms with Gasteiger partial charge in [-0.2, -0.15) is 0 Å². The SMILES string of the molecule is O=C(Nc1ccc2cccnc2c1)c1ccc(N2CCOCS2)cc1. The number of carbonyl (C=O) groups is 1. The summed E-state index contributed by atoms with van der Waals surface area (Å²) in [5, 5.41) is 3.98. The molecule has 1 fully saturated rings. The van der Waals surface area contributed by atoms with E-state index in [9.17, 15) is 4.79 Å². The van der Waals surface area contributed by atoms with E-state index in [1.54, 1.807) is 18.1 Å². The third-order valence-corrected chi connectivity index (χ3v) is 4.99. The second-order valence-electron chi connectivity index (χ2n) is 5.67. The molecule has 1 aliphatic heterocycles. The minimum atomic E-state index is -0.128. The van der Waals surface area contributed by atoms with Crippen LogP contribution >= 0.6 is 11.9 Å². The molecule has 2 aromatic carbocycles. The van der Waals surface area contributed by atoms with E-state index >= 15 is 0 Å². The number of nitrogens with zero attached hydrogens (tertiary/aromatic N) is 2. The molecular weight excluding hydrogens is 334 g/mol. The highest BCUT2D eigenvalue weighted by Crippen LogP contribution is 2.25. The van der Waals surface area contributed by atoms with E-state index in [1.807, 2.05) is 54.6 Å². The second-order valence-corrected chi connectivity index (χ2v) is 6.60. The highest BCUT2D eigenvalue weighted by molar-refractivity contribution is 8.00. The average Bonchev–Trinajstić information content (AvgIpc) is 2.69. The number of hydrogen-bond donors (Lipinski definition) is 1. The summed E-state index contributed by atoms with van der Waals surface area (Å²) in [4.78, 5) is 16.8. The second kappa shape index (κ2) is 7.13.